The first-order valence-corrected chi connectivity index (χ1v) is 9.35. The quantitative estimate of drug-likeness (QED) is 0.930. The van der Waals surface area contributed by atoms with Crippen LogP contribution in [0.25, 0.3) is 5.65 Å². The normalized spacial score (nSPS) is 26.9. The summed E-state index contributed by atoms with van der Waals surface area (Å²) < 4.78 is 1.94. The fourth-order valence-corrected chi connectivity index (χ4v) is 4.97. The molecule has 2 bridgehead atoms. The van der Waals surface area contributed by atoms with Crippen molar-refractivity contribution < 1.29 is 4.79 Å². The fraction of sp³-hybridized carbons (Fsp3) is 0.600. The topological polar surface area (TPSA) is 46.4 Å². The molecule has 1 amide bonds. The van der Waals surface area contributed by atoms with Crippen molar-refractivity contribution in [1.82, 2.24) is 14.7 Å². The predicted octanol–water partition coefficient (Wildman–Crippen LogP) is 3.76. The molecule has 128 valence electrons. The Morgan fingerprint density at radius 2 is 2.25 bits per heavy atom. The second-order valence-electron chi connectivity index (χ2n) is 7.79. The minimum atomic E-state index is 0.0264. The number of pyridine rings is 1. The highest BCUT2D eigenvalue weighted by molar-refractivity contribution is 5.95. The van der Waals surface area contributed by atoms with E-state index in [4.69, 9.17) is 0 Å². The molecule has 1 N–H and O–H groups in total. The van der Waals surface area contributed by atoms with Gasteiger partial charge in [0.05, 0.1) is 5.69 Å². The summed E-state index contributed by atoms with van der Waals surface area (Å²) in [6, 6.07) is 4.31. The molecule has 2 heterocycles. The van der Waals surface area contributed by atoms with Crippen molar-refractivity contribution in [3.63, 3.8) is 0 Å². The molecule has 0 spiro atoms. The number of carbonyl (C=O) groups is 1. The van der Waals surface area contributed by atoms with Crippen LogP contribution in [0.4, 0.5) is 0 Å². The van der Waals surface area contributed by atoms with E-state index in [1.807, 2.05) is 22.7 Å². The average molecular weight is 325 g/mol. The Labute approximate surface area is 143 Å². The molecule has 2 aromatic rings. The number of nitrogens with zero attached hydrogens (tertiary/aromatic N) is 2. The first-order valence-electron chi connectivity index (χ1n) is 9.35. The number of fused-ring (bicyclic) bond motifs is 3. The molecular formula is C20H27N3O. The van der Waals surface area contributed by atoms with Gasteiger partial charge in [-0.3, -0.25) is 9.20 Å². The van der Waals surface area contributed by atoms with Crippen molar-refractivity contribution >= 4 is 11.6 Å². The highest BCUT2D eigenvalue weighted by atomic mass is 16.2. The van der Waals surface area contributed by atoms with E-state index in [0.29, 0.717) is 11.6 Å². The minimum Gasteiger partial charge on any atom is -0.348 e. The molecule has 0 saturated heterocycles. The van der Waals surface area contributed by atoms with Crippen LogP contribution in [0.2, 0.25) is 0 Å². The maximum absolute atomic E-state index is 13.0. The van der Waals surface area contributed by atoms with Gasteiger partial charge in [0.2, 0.25) is 0 Å². The van der Waals surface area contributed by atoms with E-state index in [1.54, 1.807) is 0 Å². The highest BCUT2D eigenvalue weighted by Gasteiger charge is 2.42. The molecule has 2 saturated carbocycles. The molecule has 4 atom stereocenters. The summed E-state index contributed by atoms with van der Waals surface area (Å²) in [7, 11) is 0. The Kier molecular flexibility index (Phi) is 3.86. The summed E-state index contributed by atoms with van der Waals surface area (Å²) in [6.45, 7) is 6.30. The Bertz CT molecular complexity index is 779. The Morgan fingerprint density at radius 1 is 1.42 bits per heavy atom. The summed E-state index contributed by atoms with van der Waals surface area (Å²) in [5.41, 5.74) is 3.63. The Morgan fingerprint density at radius 3 is 2.92 bits per heavy atom. The van der Waals surface area contributed by atoms with Crippen molar-refractivity contribution in [1.29, 1.82) is 0 Å². The lowest BCUT2D eigenvalue weighted by atomic mass is 9.84. The predicted molar refractivity (Wildman–Crippen MR) is 95.2 cm³/mol. The van der Waals surface area contributed by atoms with E-state index in [9.17, 15) is 4.79 Å². The molecule has 4 nitrogen and oxygen atoms in total. The Balaban J connectivity index is 1.59. The second-order valence-corrected chi connectivity index (χ2v) is 7.79. The van der Waals surface area contributed by atoms with E-state index >= 15 is 0 Å². The SMILES string of the molecule is CCc1nc2cc(C)ccn2c1C(=O)NC(C)C1CC2CCC1C2. The first-order chi connectivity index (χ1) is 11.6. The number of amides is 1. The molecule has 0 aromatic carbocycles. The van der Waals surface area contributed by atoms with Crippen LogP contribution in [-0.2, 0) is 6.42 Å². The fourth-order valence-electron chi connectivity index (χ4n) is 4.97. The third kappa shape index (κ3) is 2.52. The number of hydrogen-bond donors (Lipinski definition) is 1. The number of aromatic nitrogens is 2. The number of hydrogen-bond acceptors (Lipinski definition) is 2. The number of imidazole rings is 1. The molecule has 4 rings (SSSR count). The van der Waals surface area contributed by atoms with E-state index < -0.39 is 0 Å². The first kappa shape index (κ1) is 15.7. The van der Waals surface area contributed by atoms with Crippen LogP contribution in [0.5, 0.6) is 0 Å². The molecule has 0 radical (unpaired) electrons. The third-order valence-electron chi connectivity index (χ3n) is 6.20. The lowest BCUT2D eigenvalue weighted by Gasteiger charge is -2.28. The van der Waals surface area contributed by atoms with Crippen LogP contribution in [0.15, 0.2) is 18.3 Å². The molecule has 2 aliphatic carbocycles. The molecule has 4 heteroatoms. The number of nitrogens with one attached hydrogen (secondary N) is 1. The standard InChI is InChI=1S/C20H27N3O/c1-4-17-19(23-8-7-12(2)9-18(23)22-17)20(24)21-13(3)16-11-14-5-6-15(16)10-14/h7-9,13-16H,4-6,10-11H2,1-3H3,(H,21,24). The van der Waals surface area contributed by atoms with Gasteiger partial charge in [-0.05, 0) is 75.0 Å². The maximum Gasteiger partial charge on any atom is 0.270 e. The monoisotopic (exact) mass is 325 g/mol. The van der Waals surface area contributed by atoms with Gasteiger partial charge in [-0.15, -0.1) is 0 Å². The van der Waals surface area contributed by atoms with E-state index in [1.165, 1.54) is 25.7 Å². The lowest BCUT2D eigenvalue weighted by molar-refractivity contribution is 0.0908. The van der Waals surface area contributed by atoms with Gasteiger partial charge in [-0.25, -0.2) is 4.98 Å². The summed E-state index contributed by atoms with van der Waals surface area (Å²) in [4.78, 5) is 17.6. The molecule has 4 unspecified atom stereocenters. The molecule has 2 aliphatic rings. The van der Waals surface area contributed by atoms with Gasteiger partial charge in [-0.2, -0.15) is 0 Å². The van der Waals surface area contributed by atoms with E-state index in [0.717, 1.165) is 35.2 Å². The van der Waals surface area contributed by atoms with Crippen molar-refractivity contribution in [2.24, 2.45) is 17.8 Å². The number of aryl methyl sites for hydroxylation is 2. The lowest BCUT2D eigenvalue weighted by Crippen LogP contribution is -2.40. The van der Waals surface area contributed by atoms with Gasteiger partial charge < -0.3 is 5.32 Å². The molecular weight excluding hydrogens is 298 g/mol. The van der Waals surface area contributed by atoms with Gasteiger partial charge in [0, 0.05) is 12.2 Å². The van der Waals surface area contributed by atoms with Crippen molar-refractivity contribution in [3.8, 4) is 0 Å². The zero-order valence-corrected chi connectivity index (χ0v) is 14.9. The van der Waals surface area contributed by atoms with Crippen molar-refractivity contribution in [3.05, 3.63) is 35.3 Å². The molecule has 24 heavy (non-hydrogen) atoms. The third-order valence-corrected chi connectivity index (χ3v) is 6.20. The summed E-state index contributed by atoms with van der Waals surface area (Å²) >= 11 is 0. The minimum absolute atomic E-state index is 0.0264. The van der Waals surface area contributed by atoms with Crippen LogP contribution in [0.3, 0.4) is 0 Å². The number of carbonyl (C=O) groups excluding carboxylic acids is 1. The van der Waals surface area contributed by atoms with Crippen molar-refractivity contribution in [2.45, 2.75) is 58.9 Å². The smallest absolute Gasteiger partial charge is 0.270 e. The number of rotatable bonds is 4. The van der Waals surface area contributed by atoms with E-state index in [2.05, 4.69) is 31.1 Å². The summed E-state index contributed by atoms with van der Waals surface area (Å²) in [5.74, 6) is 2.41. The second kappa shape index (κ2) is 5.91. The van der Waals surface area contributed by atoms with Gasteiger partial charge in [0.25, 0.3) is 5.91 Å². The van der Waals surface area contributed by atoms with Crippen LogP contribution in [0.1, 0.15) is 61.3 Å². The highest BCUT2D eigenvalue weighted by Crippen LogP contribution is 2.49. The van der Waals surface area contributed by atoms with Crippen LogP contribution in [-0.4, -0.2) is 21.3 Å². The molecule has 0 aliphatic heterocycles. The molecule has 2 aromatic heterocycles. The molecule has 2 fully saturated rings. The zero-order chi connectivity index (χ0) is 16.8. The van der Waals surface area contributed by atoms with Gasteiger partial charge in [-0.1, -0.05) is 13.3 Å². The zero-order valence-electron chi connectivity index (χ0n) is 14.9. The van der Waals surface area contributed by atoms with E-state index in [-0.39, 0.29) is 11.9 Å². The van der Waals surface area contributed by atoms with Crippen LogP contribution < -0.4 is 5.32 Å². The Hall–Kier alpha value is -1.84. The average Bonchev–Trinajstić information content (AvgIpc) is 3.27. The van der Waals surface area contributed by atoms with Gasteiger partial charge >= 0.3 is 0 Å². The van der Waals surface area contributed by atoms with Crippen LogP contribution >= 0.6 is 0 Å². The van der Waals surface area contributed by atoms with Crippen LogP contribution in [0, 0.1) is 24.7 Å². The largest absolute Gasteiger partial charge is 0.348 e. The summed E-state index contributed by atoms with van der Waals surface area (Å²) in [5, 5.41) is 3.29. The van der Waals surface area contributed by atoms with Gasteiger partial charge in [0.1, 0.15) is 11.3 Å². The summed E-state index contributed by atoms with van der Waals surface area (Å²) in [6.07, 6.45) is 8.15. The van der Waals surface area contributed by atoms with Crippen molar-refractivity contribution in [2.75, 3.05) is 0 Å². The van der Waals surface area contributed by atoms with Gasteiger partial charge in [0.15, 0.2) is 0 Å². The maximum atomic E-state index is 13.0.